The third-order valence-electron chi connectivity index (χ3n) is 5.72. The Labute approximate surface area is 209 Å². The smallest absolute Gasteiger partial charge is 0.311 e. The van der Waals surface area contributed by atoms with Gasteiger partial charge in [0.05, 0.1) is 12.0 Å². The highest BCUT2D eigenvalue weighted by atomic mass is 16.5. The summed E-state index contributed by atoms with van der Waals surface area (Å²) in [5, 5.41) is 0. The summed E-state index contributed by atoms with van der Waals surface area (Å²) in [7, 11) is 1.73. The third kappa shape index (κ3) is 23.0. The summed E-state index contributed by atoms with van der Waals surface area (Å²) >= 11 is 0. The first-order valence-electron chi connectivity index (χ1n) is 13.5. The van der Waals surface area contributed by atoms with Crippen LogP contribution in [-0.2, 0) is 33.2 Å². The fourth-order valence-corrected chi connectivity index (χ4v) is 2.89. The van der Waals surface area contributed by atoms with Crippen molar-refractivity contribution in [1.29, 1.82) is 0 Å². The highest BCUT2D eigenvalue weighted by molar-refractivity contribution is 5.75. The van der Waals surface area contributed by atoms with Crippen molar-refractivity contribution in [1.82, 2.24) is 0 Å². The lowest BCUT2D eigenvalue weighted by atomic mass is 9.91. The molecule has 0 aliphatic rings. The maximum Gasteiger partial charge on any atom is 0.311 e. The molecule has 0 heterocycles. The first-order chi connectivity index (χ1) is 16.5. The van der Waals surface area contributed by atoms with Crippen LogP contribution in [0, 0.1) is 5.41 Å². The molecule has 0 amide bonds. The van der Waals surface area contributed by atoms with Crippen LogP contribution in [0.4, 0.5) is 0 Å². The molecular weight excluding hydrogens is 436 g/mol. The van der Waals surface area contributed by atoms with Gasteiger partial charge >= 0.3 is 5.97 Å². The molecule has 0 spiro atoms. The van der Waals surface area contributed by atoms with Crippen LogP contribution in [0.2, 0.25) is 0 Å². The van der Waals surface area contributed by atoms with E-state index < -0.39 is 0 Å². The van der Waals surface area contributed by atoms with Gasteiger partial charge in [0.15, 0.2) is 0 Å². The molecule has 0 aliphatic heterocycles. The summed E-state index contributed by atoms with van der Waals surface area (Å²) in [6, 6.07) is 0. The molecular formula is C27H54O7. The van der Waals surface area contributed by atoms with Crippen molar-refractivity contribution in [3.63, 3.8) is 0 Å². The molecule has 0 bridgehead atoms. The van der Waals surface area contributed by atoms with Gasteiger partial charge in [-0.1, -0.05) is 6.92 Å². The van der Waals surface area contributed by atoms with Crippen LogP contribution in [0.3, 0.4) is 0 Å². The minimum atomic E-state index is -0.383. The lowest BCUT2D eigenvalue weighted by molar-refractivity contribution is -0.154. The van der Waals surface area contributed by atoms with Gasteiger partial charge in [-0.15, -0.1) is 0 Å². The molecule has 0 unspecified atom stereocenters. The molecule has 0 N–H and O–H groups in total. The van der Waals surface area contributed by atoms with E-state index in [-0.39, 0.29) is 11.4 Å². The zero-order chi connectivity index (χ0) is 25.2. The van der Waals surface area contributed by atoms with E-state index in [9.17, 15) is 4.79 Å². The quantitative estimate of drug-likeness (QED) is 0.110. The van der Waals surface area contributed by atoms with Gasteiger partial charge in [-0.05, 0) is 84.5 Å². The van der Waals surface area contributed by atoms with Crippen LogP contribution >= 0.6 is 0 Å². The average Bonchev–Trinajstić information content (AvgIpc) is 2.83. The molecule has 0 radical (unpaired) electrons. The predicted octanol–water partition coefficient (Wildman–Crippen LogP) is 5.58. The second-order valence-corrected chi connectivity index (χ2v) is 9.35. The normalized spacial score (nSPS) is 11.8. The molecule has 7 nitrogen and oxygen atoms in total. The lowest BCUT2D eigenvalue weighted by Gasteiger charge is -2.20. The van der Waals surface area contributed by atoms with Crippen LogP contribution in [0.1, 0.15) is 91.4 Å². The predicted molar refractivity (Wildman–Crippen MR) is 136 cm³/mol. The Bertz CT molecular complexity index is 429. The summed E-state index contributed by atoms with van der Waals surface area (Å²) < 4.78 is 32.9. The number of hydrogen-bond acceptors (Lipinski definition) is 7. The van der Waals surface area contributed by atoms with E-state index >= 15 is 0 Å². The number of hydrogen-bond donors (Lipinski definition) is 0. The van der Waals surface area contributed by atoms with Crippen LogP contribution in [-0.4, -0.2) is 79.1 Å². The second kappa shape index (κ2) is 25.4. The first-order valence-corrected chi connectivity index (χ1v) is 13.5. The van der Waals surface area contributed by atoms with Gasteiger partial charge in [0.1, 0.15) is 0 Å². The minimum Gasteiger partial charge on any atom is -0.465 e. The van der Waals surface area contributed by atoms with Crippen LogP contribution in [0.25, 0.3) is 0 Å². The number of rotatable bonds is 27. The van der Waals surface area contributed by atoms with Crippen LogP contribution in [0.5, 0.6) is 0 Å². The Morgan fingerprint density at radius 3 is 1.12 bits per heavy atom. The molecule has 34 heavy (non-hydrogen) atoms. The summed E-state index contributed by atoms with van der Waals surface area (Å²) in [5.41, 5.74) is -0.383. The van der Waals surface area contributed by atoms with Gasteiger partial charge in [-0.2, -0.15) is 0 Å². The average molecular weight is 491 g/mol. The van der Waals surface area contributed by atoms with Gasteiger partial charge in [-0.3, -0.25) is 4.79 Å². The van der Waals surface area contributed by atoms with Crippen molar-refractivity contribution < 1.29 is 33.2 Å². The number of esters is 1. The number of unbranched alkanes of at least 4 members (excludes halogenated alkanes) is 5. The Hall–Kier alpha value is -0.730. The van der Waals surface area contributed by atoms with Crippen molar-refractivity contribution in [2.45, 2.75) is 91.4 Å². The fourth-order valence-electron chi connectivity index (χ4n) is 2.89. The summed E-state index contributed by atoms with van der Waals surface area (Å²) in [5.74, 6) is -0.106. The molecule has 7 heteroatoms. The SMILES string of the molecule is CCC(C)(C)C(=O)OCCCCOCCCCOCCCCOCCCCOCCCCOC. The Kier molecular flexibility index (Phi) is 24.8. The molecule has 0 fully saturated rings. The number of methoxy groups -OCH3 is 1. The largest absolute Gasteiger partial charge is 0.465 e. The highest BCUT2D eigenvalue weighted by Gasteiger charge is 2.26. The van der Waals surface area contributed by atoms with Crippen LogP contribution in [0.15, 0.2) is 0 Å². The van der Waals surface area contributed by atoms with Crippen molar-refractivity contribution in [3.05, 3.63) is 0 Å². The number of carbonyl (C=O) groups excluding carboxylic acids is 1. The molecule has 0 aromatic carbocycles. The molecule has 0 saturated heterocycles. The van der Waals surface area contributed by atoms with Crippen LogP contribution < -0.4 is 0 Å². The number of ether oxygens (including phenoxy) is 6. The van der Waals surface area contributed by atoms with Gasteiger partial charge in [0, 0.05) is 66.6 Å². The van der Waals surface area contributed by atoms with E-state index in [0.717, 1.165) is 130 Å². The monoisotopic (exact) mass is 490 g/mol. The molecule has 0 aliphatic carbocycles. The maximum absolute atomic E-state index is 11.8. The zero-order valence-corrected chi connectivity index (χ0v) is 22.7. The molecule has 0 rings (SSSR count). The highest BCUT2D eigenvalue weighted by Crippen LogP contribution is 2.21. The zero-order valence-electron chi connectivity index (χ0n) is 22.7. The Balaban J connectivity index is 3.12. The van der Waals surface area contributed by atoms with Crippen molar-refractivity contribution in [3.8, 4) is 0 Å². The summed E-state index contributed by atoms with van der Waals surface area (Å²) in [6.45, 7) is 13.5. The maximum atomic E-state index is 11.8. The summed E-state index contributed by atoms with van der Waals surface area (Å²) in [4.78, 5) is 11.8. The van der Waals surface area contributed by atoms with E-state index in [1.165, 1.54) is 0 Å². The van der Waals surface area contributed by atoms with Crippen molar-refractivity contribution in [2.75, 3.05) is 73.2 Å². The van der Waals surface area contributed by atoms with E-state index in [2.05, 4.69) is 0 Å². The van der Waals surface area contributed by atoms with Crippen molar-refractivity contribution >= 4 is 5.97 Å². The van der Waals surface area contributed by atoms with Gasteiger partial charge < -0.3 is 28.4 Å². The number of carbonyl (C=O) groups is 1. The molecule has 204 valence electrons. The second-order valence-electron chi connectivity index (χ2n) is 9.35. The lowest BCUT2D eigenvalue weighted by Crippen LogP contribution is -2.26. The molecule has 0 saturated carbocycles. The van der Waals surface area contributed by atoms with Gasteiger partial charge in [0.2, 0.25) is 0 Å². The molecule has 0 aromatic heterocycles. The van der Waals surface area contributed by atoms with E-state index in [1.54, 1.807) is 7.11 Å². The van der Waals surface area contributed by atoms with Gasteiger partial charge in [0.25, 0.3) is 0 Å². The Morgan fingerprint density at radius 2 is 0.824 bits per heavy atom. The fraction of sp³-hybridized carbons (Fsp3) is 0.963. The molecule has 0 aromatic rings. The topological polar surface area (TPSA) is 72.5 Å². The first kappa shape index (κ1) is 33.3. The van der Waals surface area contributed by atoms with E-state index in [0.29, 0.717) is 6.61 Å². The Morgan fingerprint density at radius 1 is 0.529 bits per heavy atom. The molecule has 0 atom stereocenters. The standard InChI is InChI=1S/C27H54O7/c1-5-27(2,3)26(28)34-25-15-14-24-33-23-13-12-22-32-21-11-10-20-31-19-9-8-18-30-17-7-6-16-29-4/h5-25H2,1-4H3. The van der Waals surface area contributed by atoms with Crippen molar-refractivity contribution in [2.24, 2.45) is 5.41 Å². The third-order valence-corrected chi connectivity index (χ3v) is 5.72. The van der Waals surface area contributed by atoms with E-state index in [4.69, 9.17) is 28.4 Å². The van der Waals surface area contributed by atoms with E-state index in [1.807, 2.05) is 20.8 Å². The summed E-state index contributed by atoms with van der Waals surface area (Å²) in [6.07, 6.45) is 10.9. The minimum absolute atomic E-state index is 0.106. The van der Waals surface area contributed by atoms with Gasteiger partial charge in [-0.25, -0.2) is 0 Å².